The number of furan rings is 1. The van der Waals surface area contributed by atoms with Gasteiger partial charge in [-0.2, -0.15) is 0 Å². The van der Waals surface area contributed by atoms with E-state index in [4.69, 9.17) is 19.4 Å². The first-order chi connectivity index (χ1) is 26.3. The fourth-order valence-corrected chi connectivity index (χ4v) is 8.05. The van der Waals surface area contributed by atoms with Crippen molar-refractivity contribution < 1.29 is 4.42 Å². The van der Waals surface area contributed by atoms with Gasteiger partial charge in [-0.1, -0.05) is 158 Å². The highest BCUT2D eigenvalue weighted by Crippen LogP contribution is 2.49. The van der Waals surface area contributed by atoms with E-state index in [-0.39, 0.29) is 0 Å². The van der Waals surface area contributed by atoms with Crippen molar-refractivity contribution in [1.29, 1.82) is 0 Å². The second kappa shape index (κ2) is 11.7. The van der Waals surface area contributed by atoms with Gasteiger partial charge in [0.15, 0.2) is 17.5 Å². The summed E-state index contributed by atoms with van der Waals surface area (Å²) >= 11 is 0. The summed E-state index contributed by atoms with van der Waals surface area (Å²) in [5.41, 5.74) is 14.3. The molecule has 0 saturated heterocycles. The Labute approximate surface area is 305 Å². The lowest BCUT2D eigenvalue weighted by Crippen LogP contribution is -2.00. The highest BCUT2D eigenvalue weighted by atomic mass is 16.3. The Balaban J connectivity index is 1.02. The van der Waals surface area contributed by atoms with Gasteiger partial charge in [0.1, 0.15) is 11.2 Å². The average molecular weight is 676 g/mol. The van der Waals surface area contributed by atoms with Crippen LogP contribution >= 0.6 is 0 Å². The van der Waals surface area contributed by atoms with Crippen molar-refractivity contribution in [2.45, 2.75) is 0 Å². The summed E-state index contributed by atoms with van der Waals surface area (Å²) in [5.74, 6) is 1.88. The van der Waals surface area contributed by atoms with Gasteiger partial charge in [-0.15, -0.1) is 0 Å². The minimum absolute atomic E-state index is 0.621. The van der Waals surface area contributed by atoms with Crippen LogP contribution in [0.1, 0.15) is 0 Å². The third-order valence-electron chi connectivity index (χ3n) is 10.5. The lowest BCUT2D eigenvalue weighted by Gasteiger charge is -2.12. The van der Waals surface area contributed by atoms with Crippen LogP contribution in [0.25, 0.3) is 111 Å². The Morgan fingerprint density at radius 2 is 0.792 bits per heavy atom. The molecule has 0 bridgehead atoms. The molecular formula is C49H29N3O. The lowest BCUT2D eigenvalue weighted by molar-refractivity contribution is 0.669. The van der Waals surface area contributed by atoms with E-state index in [0.29, 0.717) is 17.5 Å². The highest BCUT2D eigenvalue weighted by Gasteiger charge is 2.22. The number of nitrogens with zero attached hydrogens (tertiary/aromatic N) is 3. The van der Waals surface area contributed by atoms with Crippen molar-refractivity contribution >= 4 is 32.7 Å². The molecule has 0 fully saturated rings. The van der Waals surface area contributed by atoms with Crippen LogP contribution in [-0.2, 0) is 0 Å². The molecule has 8 aromatic carbocycles. The van der Waals surface area contributed by atoms with Crippen LogP contribution in [0, 0.1) is 0 Å². The molecule has 11 rings (SSSR count). The molecule has 0 atom stereocenters. The van der Waals surface area contributed by atoms with Crippen LogP contribution < -0.4 is 0 Å². The largest absolute Gasteiger partial charge is 0.456 e. The number of rotatable bonds is 5. The van der Waals surface area contributed by atoms with Crippen molar-refractivity contribution in [3.8, 4) is 78.7 Å². The topological polar surface area (TPSA) is 51.8 Å². The highest BCUT2D eigenvalue weighted by molar-refractivity contribution is 6.18. The Bertz CT molecular complexity index is 3020. The molecule has 4 nitrogen and oxygen atoms in total. The minimum atomic E-state index is 0.621. The third-order valence-corrected chi connectivity index (χ3v) is 10.5. The molecular weight excluding hydrogens is 647 g/mol. The van der Waals surface area contributed by atoms with E-state index in [9.17, 15) is 0 Å². The summed E-state index contributed by atoms with van der Waals surface area (Å²) < 4.78 is 6.21. The van der Waals surface area contributed by atoms with Crippen LogP contribution in [0.2, 0.25) is 0 Å². The smallest absolute Gasteiger partial charge is 0.164 e. The number of hydrogen-bond acceptors (Lipinski definition) is 4. The molecule has 0 unspecified atom stereocenters. The zero-order valence-electron chi connectivity index (χ0n) is 28.5. The van der Waals surface area contributed by atoms with Gasteiger partial charge in [0.2, 0.25) is 0 Å². The first-order valence-corrected chi connectivity index (χ1v) is 17.9. The fraction of sp³-hybridized carbons (Fsp3) is 0. The molecule has 0 radical (unpaired) electrons. The van der Waals surface area contributed by atoms with E-state index < -0.39 is 0 Å². The molecule has 1 aliphatic carbocycles. The quantitative estimate of drug-likeness (QED) is 0.182. The molecule has 53 heavy (non-hydrogen) atoms. The lowest BCUT2D eigenvalue weighted by atomic mass is 9.94. The average Bonchev–Trinajstić information content (AvgIpc) is 3.78. The van der Waals surface area contributed by atoms with Crippen molar-refractivity contribution in [1.82, 2.24) is 15.0 Å². The van der Waals surface area contributed by atoms with E-state index in [1.54, 1.807) is 0 Å². The molecule has 0 saturated carbocycles. The number of benzene rings is 8. The van der Waals surface area contributed by atoms with Crippen LogP contribution in [0.5, 0.6) is 0 Å². The SMILES string of the molecule is c1ccc(-c2nc(-c3ccc(-c4ccc5c6c(cccc46)-c4ccccc4-5)cc3)nc(-c3cccc(-c4cccc5oc6ccccc6c45)c3)n2)cc1. The molecule has 2 aromatic heterocycles. The molecule has 0 N–H and O–H groups in total. The third kappa shape index (κ3) is 4.73. The molecule has 0 spiro atoms. The van der Waals surface area contributed by atoms with E-state index in [2.05, 4.69) is 121 Å². The first kappa shape index (κ1) is 29.5. The fourth-order valence-electron chi connectivity index (χ4n) is 8.05. The summed E-state index contributed by atoms with van der Waals surface area (Å²) in [4.78, 5) is 15.2. The monoisotopic (exact) mass is 675 g/mol. The van der Waals surface area contributed by atoms with Gasteiger partial charge in [-0.25, -0.2) is 15.0 Å². The summed E-state index contributed by atoms with van der Waals surface area (Å²) in [7, 11) is 0. The molecule has 4 heteroatoms. The number of fused-ring (bicyclic) bond motifs is 6. The summed E-state index contributed by atoms with van der Waals surface area (Å²) in [6.07, 6.45) is 0. The van der Waals surface area contributed by atoms with Crippen molar-refractivity contribution in [3.63, 3.8) is 0 Å². The number of hydrogen-bond donors (Lipinski definition) is 0. The Kier molecular flexibility index (Phi) is 6.52. The van der Waals surface area contributed by atoms with Crippen molar-refractivity contribution in [3.05, 3.63) is 176 Å². The standard InChI is InChI=1S/C49H29N3O/c1-2-11-31(12-3-1)47-50-48(32-25-23-30(24-26-32)35-27-28-41-38-16-5-4-15-37(38)40-20-9-19-39(35)45(40)41)52-49(51-47)34-14-8-13-33(29-34)36-18-10-22-44-46(36)42-17-6-7-21-43(42)53-44/h1-29H. The summed E-state index contributed by atoms with van der Waals surface area (Å²) in [5, 5.41) is 4.79. The Hall–Kier alpha value is -7.17. The van der Waals surface area contributed by atoms with E-state index in [1.807, 2.05) is 54.6 Å². The maximum atomic E-state index is 6.21. The predicted molar refractivity (Wildman–Crippen MR) is 216 cm³/mol. The van der Waals surface area contributed by atoms with Gasteiger partial charge in [0.05, 0.1) is 0 Å². The van der Waals surface area contributed by atoms with Gasteiger partial charge in [0.25, 0.3) is 0 Å². The van der Waals surface area contributed by atoms with E-state index in [1.165, 1.54) is 38.6 Å². The van der Waals surface area contributed by atoms with Crippen LogP contribution in [0.3, 0.4) is 0 Å². The van der Waals surface area contributed by atoms with Crippen molar-refractivity contribution in [2.24, 2.45) is 0 Å². The van der Waals surface area contributed by atoms with Crippen molar-refractivity contribution in [2.75, 3.05) is 0 Å². The molecule has 1 aliphatic rings. The molecule has 2 heterocycles. The Morgan fingerprint density at radius 3 is 1.60 bits per heavy atom. The first-order valence-electron chi connectivity index (χ1n) is 17.9. The molecule has 10 aromatic rings. The maximum Gasteiger partial charge on any atom is 0.164 e. The zero-order valence-corrected chi connectivity index (χ0v) is 28.5. The molecule has 0 amide bonds. The summed E-state index contributed by atoms with van der Waals surface area (Å²) in [6.45, 7) is 0. The second-order valence-electron chi connectivity index (χ2n) is 13.5. The summed E-state index contributed by atoms with van der Waals surface area (Å²) in [6, 6.07) is 61.5. The van der Waals surface area contributed by atoms with Crippen LogP contribution in [-0.4, -0.2) is 15.0 Å². The van der Waals surface area contributed by atoms with E-state index >= 15 is 0 Å². The number of aromatic nitrogens is 3. The van der Waals surface area contributed by atoms with Gasteiger partial charge in [-0.05, 0) is 73.5 Å². The minimum Gasteiger partial charge on any atom is -0.456 e. The molecule has 0 aliphatic heterocycles. The normalized spacial score (nSPS) is 11.8. The van der Waals surface area contributed by atoms with Gasteiger partial charge in [-0.3, -0.25) is 0 Å². The second-order valence-corrected chi connectivity index (χ2v) is 13.5. The van der Waals surface area contributed by atoms with E-state index in [0.717, 1.165) is 55.3 Å². The Morgan fingerprint density at radius 1 is 0.283 bits per heavy atom. The van der Waals surface area contributed by atoms with Gasteiger partial charge in [0, 0.05) is 27.5 Å². The van der Waals surface area contributed by atoms with Gasteiger partial charge >= 0.3 is 0 Å². The van der Waals surface area contributed by atoms with Crippen LogP contribution in [0.15, 0.2) is 180 Å². The van der Waals surface area contributed by atoms with Gasteiger partial charge < -0.3 is 4.42 Å². The van der Waals surface area contributed by atoms with Crippen LogP contribution in [0.4, 0.5) is 0 Å². The molecule has 246 valence electrons. The zero-order chi connectivity index (χ0) is 34.9. The maximum absolute atomic E-state index is 6.21. The predicted octanol–water partition coefficient (Wildman–Crippen LogP) is 12.9. The number of para-hydroxylation sites is 1.